The van der Waals surface area contributed by atoms with Crippen LogP contribution in [0.2, 0.25) is 5.02 Å². The van der Waals surface area contributed by atoms with Crippen LogP contribution in [0.15, 0.2) is 36.7 Å². The lowest BCUT2D eigenvalue weighted by molar-refractivity contribution is -0.0989. The van der Waals surface area contributed by atoms with Crippen LogP contribution in [0.1, 0.15) is 75.5 Å². The number of aryl methyl sites for hydroxylation is 1. The predicted molar refractivity (Wildman–Crippen MR) is 170 cm³/mol. The maximum Gasteiger partial charge on any atom is 0.416 e. The molecule has 13 heteroatoms. The molecule has 2 unspecified atom stereocenters. The number of halogens is 3. The van der Waals surface area contributed by atoms with Crippen molar-refractivity contribution in [3.8, 4) is 6.07 Å². The monoisotopic (exact) mass is 650 g/mol. The summed E-state index contributed by atoms with van der Waals surface area (Å²) >= 11 is 12.8. The van der Waals surface area contributed by atoms with E-state index in [0.29, 0.717) is 50.7 Å². The van der Waals surface area contributed by atoms with Crippen LogP contribution in [-0.4, -0.2) is 43.2 Å². The Morgan fingerprint density at radius 3 is 2.64 bits per heavy atom. The Bertz CT molecular complexity index is 1830. The summed E-state index contributed by atoms with van der Waals surface area (Å²) in [4.78, 5) is 23.8. The molecule has 4 aromatic rings. The van der Waals surface area contributed by atoms with Gasteiger partial charge in [-0.2, -0.15) is 9.65 Å². The largest absolute Gasteiger partial charge is 0.433 e. The standard InChI is InChI=1S/C32H33Cl2FN8O2/c1-17-22(6-7-26(35)38-17)29(25-15-42(41-40-25)32-10-19(11-32)12-32)43(30(44)45-16-33)21-8-23-27(39-18(2)31(3,4)5)20(13-36)14-37-28(23)24(34)9-21/h6-9,14-15,18-19,29H,10-12,16H2,1-5H3,(H,37,39). The highest BCUT2D eigenvalue weighted by Gasteiger charge is 2.59. The normalized spacial score (nSPS) is 20.0. The van der Waals surface area contributed by atoms with E-state index >= 15 is 0 Å². The molecule has 3 aliphatic rings. The first-order valence-electron chi connectivity index (χ1n) is 14.7. The van der Waals surface area contributed by atoms with Gasteiger partial charge in [-0.25, -0.2) is 14.5 Å². The predicted octanol–water partition coefficient (Wildman–Crippen LogP) is 7.48. The van der Waals surface area contributed by atoms with Gasteiger partial charge in [-0.3, -0.25) is 9.88 Å². The van der Waals surface area contributed by atoms with Crippen LogP contribution in [0.5, 0.6) is 0 Å². The minimum Gasteiger partial charge on any atom is -0.433 e. The Balaban J connectivity index is 1.57. The zero-order valence-corrected chi connectivity index (χ0v) is 27.1. The molecule has 1 N–H and O–H groups in total. The number of carbonyl (C=O) groups is 1. The maximum absolute atomic E-state index is 14.2. The van der Waals surface area contributed by atoms with Crippen molar-refractivity contribution in [3.63, 3.8) is 0 Å². The Kier molecular flexibility index (Phi) is 7.86. The average Bonchev–Trinajstić information content (AvgIpc) is 3.39. The van der Waals surface area contributed by atoms with E-state index in [1.807, 2.05) is 17.8 Å². The molecule has 234 valence electrons. The van der Waals surface area contributed by atoms with E-state index in [4.69, 9.17) is 27.9 Å². The van der Waals surface area contributed by atoms with Crippen molar-refractivity contribution in [3.05, 3.63) is 70.1 Å². The van der Waals surface area contributed by atoms with E-state index < -0.39 is 24.1 Å². The highest BCUT2D eigenvalue weighted by Crippen LogP contribution is 2.62. The van der Waals surface area contributed by atoms with Crippen LogP contribution < -0.4 is 10.2 Å². The van der Waals surface area contributed by atoms with Crippen LogP contribution in [0.4, 0.5) is 20.6 Å². The number of benzene rings is 1. The lowest BCUT2D eigenvalue weighted by Crippen LogP contribution is -2.59. The average molecular weight is 652 g/mol. The Morgan fingerprint density at radius 1 is 1.31 bits per heavy atom. The fraction of sp³-hybridized carbons (Fsp3) is 0.438. The molecule has 7 rings (SSSR count). The minimum absolute atomic E-state index is 0.0531. The van der Waals surface area contributed by atoms with Gasteiger partial charge < -0.3 is 10.1 Å². The van der Waals surface area contributed by atoms with Crippen molar-refractivity contribution < 1.29 is 13.9 Å². The molecule has 45 heavy (non-hydrogen) atoms. The summed E-state index contributed by atoms with van der Waals surface area (Å²) in [6.45, 7) is 9.96. The molecule has 3 aliphatic carbocycles. The summed E-state index contributed by atoms with van der Waals surface area (Å²) in [5.74, 6) is 0.0533. The van der Waals surface area contributed by atoms with Crippen LogP contribution in [0, 0.1) is 35.5 Å². The molecular formula is C32H33Cl2FN8O2. The molecule has 1 aromatic carbocycles. The highest BCUT2D eigenvalue weighted by molar-refractivity contribution is 6.36. The van der Waals surface area contributed by atoms with Crippen molar-refractivity contribution in [2.24, 2.45) is 11.3 Å². The molecule has 0 radical (unpaired) electrons. The zero-order chi connectivity index (χ0) is 32.3. The molecule has 0 saturated heterocycles. The van der Waals surface area contributed by atoms with E-state index in [0.717, 1.165) is 19.3 Å². The molecule has 3 fully saturated rings. The van der Waals surface area contributed by atoms with Crippen molar-refractivity contribution in [2.45, 2.75) is 71.5 Å². The summed E-state index contributed by atoms with van der Waals surface area (Å²) < 4.78 is 21.5. The maximum atomic E-state index is 14.2. The number of anilines is 2. The van der Waals surface area contributed by atoms with Crippen LogP contribution >= 0.6 is 23.2 Å². The first kappa shape index (κ1) is 31.0. The molecule has 0 aliphatic heterocycles. The quantitative estimate of drug-likeness (QED) is 0.154. The van der Waals surface area contributed by atoms with Crippen LogP contribution in [-0.2, 0) is 10.3 Å². The van der Waals surface area contributed by atoms with E-state index in [1.54, 1.807) is 25.1 Å². The number of nitrogens with one attached hydrogen (secondary N) is 1. The van der Waals surface area contributed by atoms with Crippen LogP contribution in [0.25, 0.3) is 10.9 Å². The number of rotatable bonds is 8. The van der Waals surface area contributed by atoms with Gasteiger partial charge in [0.2, 0.25) is 5.95 Å². The third-order valence-electron chi connectivity index (χ3n) is 9.27. The van der Waals surface area contributed by atoms with Gasteiger partial charge in [0.1, 0.15) is 17.8 Å². The topological polar surface area (TPSA) is 122 Å². The second-order valence-corrected chi connectivity index (χ2v) is 13.7. The smallest absolute Gasteiger partial charge is 0.416 e. The minimum atomic E-state index is -0.944. The van der Waals surface area contributed by atoms with Gasteiger partial charge in [-0.1, -0.05) is 55.3 Å². The number of fused-ring (bicyclic) bond motifs is 1. The molecule has 2 bridgehead atoms. The van der Waals surface area contributed by atoms with E-state index in [1.165, 1.54) is 17.2 Å². The Labute approximate surface area is 270 Å². The summed E-state index contributed by atoms with van der Waals surface area (Å²) in [5.41, 5.74) is 2.70. The first-order valence-corrected chi connectivity index (χ1v) is 15.6. The highest BCUT2D eigenvalue weighted by atomic mass is 35.5. The lowest BCUT2D eigenvalue weighted by Gasteiger charge is -2.61. The Hall–Kier alpha value is -4.01. The molecule has 3 aromatic heterocycles. The van der Waals surface area contributed by atoms with Crippen molar-refractivity contribution in [1.29, 1.82) is 5.26 Å². The fourth-order valence-corrected chi connectivity index (χ4v) is 6.50. The van der Waals surface area contributed by atoms with E-state index in [2.05, 4.69) is 52.4 Å². The number of alkyl halides is 1. The van der Waals surface area contributed by atoms with Gasteiger partial charge in [-0.15, -0.1) is 5.10 Å². The molecule has 2 atom stereocenters. The number of hydrogen-bond donors (Lipinski definition) is 1. The molecule has 3 heterocycles. The van der Waals surface area contributed by atoms with Gasteiger partial charge in [-0.05, 0) is 62.6 Å². The summed E-state index contributed by atoms with van der Waals surface area (Å²) in [5, 5.41) is 23.3. The Morgan fingerprint density at radius 2 is 2.04 bits per heavy atom. The SMILES string of the molecule is Cc1nc(F)ccc1C(c1cn(C23CC(C2)C3)nn1)N(C(=O)OCCl)c1cc(Cl)c2ncc(C#N)c(NC(C)C(C)(C)C)c2c1. The van der Waals surface area contributed by atoms with Crippen LogP contribution in [0.3, 0.4) is 0 Å². The van der Waals surface area contributed by atoms with Gasteiger partial charge in [0.25, 0.3) is 0 Å². The van der Waals surface area contributed by atoms with Crippen molar-refractivity contribution in [2.75, 3.05) is 16.3 Å². The number of pyridine rings is 2. The second-order valence-electron chi connectivity index (χ2n) is 13.1. The molecule has 1 amide bonds. The lowest BCUT2D eigenvalue weighted by atomic mass is 9.50. The summed E-state index contributed by atoms with van der Waals surface area (Å²) in [6, 6.07) is 6.93. The molecule has 3 saturated carbocycles. The zero-order valence-electron chi connectivity index (χ0n) is 25.6. The fourth-order valence-electron chi connectivity index (χ4n) is 6.14. The van der Waals surface area contributed by atoms with Crippen molar-refractivity contribution >= 4 is 51.6 Å². The number of aromatic nitrogens is 5. The van der Waals surface area contributed by atoms with Gasteiger partial charge >= 0.3 is 6.09 Å². The second kappa shape index (κ2) is 11.4. The van der Waals surface area contributed by atoms with E-state index in [9.17, 15) is 14.4 Å². The molecule has 10 nitrogen and oxygen atoms in total. The van der Waals surface area contributed by atoms with Gasteiger partial charge in [0.15, 0.2) is 6.07 Å². The van der Waals surface area contributed by atoms with Gasteiger partial charge in [0.05, 0.1) is 39.2 Å². The summed E-state index contributed by atoms with van der Waals surface area (Å²) in [6.07, 6.45) is 5.62. The van der Waals surface area contributed by atoms with Crippen molar-refractivity contribution in [1.82, 2.24) is 25.0 Å². The number of amides is 1. The van der Waals surface area contributed by atoms with E-state index in [-0.39, 0.29) is 22.0 Å². The molecule has 0 spiro atoms. The number of hydrogen-bond acceptors (Lipinski definition) is 8. The molecular weight excluding hydrogens is 618 g/mol. The number of nitrogens with zero attached hydrogens (tertiary/aromatic N) is 7. The summed E-state index contributed by atoms with van der Waals surface area (Å²) in [7, 11) is 0. The third kappa shape index (κ3) is 5.44. The number of ether oxygens (including phenoxy) is 1. The third-order valence-corrected chi connectivity index (χ3v) is 9.67. The first-order chi connectivity index (χ1) is 21.3. The number of nitriles is 1. The number of carbonyl (C=O) groups excluding carboxylic acids is 1. The van der Waals surface area contributed by atoms with Gasteiger partial charge in [0, 0.05) is 28.9 Å².